The van der Waals surface area contributed by atoms with E-state index in [1.54, 1.807) is 30.3 Å². The maximum absolute atomic E-state index is 12.1. The van der Waals surface area contributed by atoms with Crippen LogP contribution in [0.5, 0.6) is 0 Å². The van der Waals surface area contributed by atoms with E-state index >= 15 is 0 Å². The van der Waals surface area contributed by atoms with Gasteiger partial charge in [0.05, 0.1) is 4.92 Å². The molecule has 0 aliphatic carbocycles. The Labute approximate surface area is 123 Å². The summed E-state index contributed by atoms with van der Waals surface area (Å²) in [6.07, 6.45) is 0. The Kier molecular flexibility index (Phi) is 3.23. The number of fused-ring (bicyclic) bond motifs is 1. The van der Waals surface area contributed by atoms with Gasteiger partial charge in [0.25, 0.3) is 5.69 Å². The average Bonchev–Trinajstić information content (AvgIpc) is 2.77. The van der Waals surface area contributed by atoms with Crippen molar-refractivity contribution in [2.45, 2.75) is 0 Å². The third kappa shape index (κ3) is 2.14. The molecule has 0 heterocycles. The summed E-state index contributed by atoms with van der Waals surface area (Å²) in [6.45, 7) is 0. The zero-order chi connectivity index (χ0) is 15.7. The first-order valence-electron chi connectivity index (χ1n) is 6.35. The van der Waals surface area contributed by atoms with Gasteiger partial charge < -0.3 is 0 Å². The molecule has 1 N–H and O–H groups in total. The van der Waals surface area contributed by atoms with Gasteiger partial charge in [-0.25, -0.2) is 0 Å². The summed E-state index contributed by atoms with van der Waals surface area (Å²) in [6, 6.07) is 12.2. The van der Waals surface area contributed by atoms with Crippen molar-refractivity contribution in [2.75, 3.05) is 5.43 Å². The van der Waals surface area contributed by atoms with Crippen molar-refractivity contribution < 1.29 is 4.92 Å². The molecular weight excluding hydrogens is 286 g/mol. The maximum Gasteiger partial charge on any atom is 0.294 e. The van der Waals surface area contributed by atoms with Crippen molar-refractivity contribution in [1.82, 2.24) is 0 Å². The Hall–Kier alpha value is -3.35. The fourth-order valence-corrected chi connectivity index (χ4v) is 2.18. The highest BCUT2D eigenvalue weighted by Gasteiger charge is 2.13. The summed E-state index contributed by atoms with van der Waals surface area (Å²) in [4.78, 5) is 34.6. The first-order chi connectivity index (χ1) is 10.6. The van der Waals surface area contributed by atoms with Gasteiger partial charge in [0.1, 0.15) is 5.69 Å². The van der Waals surface area contributed by atoms with Crippen molar-refractivity contribution in [1.29, 1.82) is 0 Å². The van der Waals surface area contributed by atoms with Crippen molar-refractivity contribution in [3.8, 4) is 0 Å². The van der Waals surface area contributed by atoms with Crippen LogP contribution >= 0.6 is 0 Å². The van der Waals surface area contributed by atoms with Gasteiger partial charge >= 0.3 is 0 Å². The first kappa shape index (κ1) is 13.6. The molecule has 22 heavy (non-hydrogen) atoms. The molecule has 0 bridgehead atoms. The van der Waals surface area contributed by atoms with E-state index in [0.29, 0.717) is 0 Å². The van der Waals surface area contributed by atoms with Crippen LogP contribution in [-0.4, -0.2) is 4.92 Å². The maximum atomic E-state index is 12.1. The number of para-hydroxylation sites is 2. The topological polar surface area (TPSA) is 102 Å². The van der Waals surface area contributed by atoms with Gasteiger partial charge in [-0.15, -0.1) is 0 Å². The lowest BCUT2D eigenvalue weighted by Gasteiger charge is -1.99. The number of hydrogen-bond acceptors (Lipinski definition) is 6. The number of anilines is 1. The first-order valence-corrected chi connectivity index (χ1v) is 6.35. The quantitative estimate of drug-likeness (QED) is 0.579. The lowest BCUT2D eigenvalue weighted by Crippen LogP contribution is -2.32. The van der Waals surface area contributed by atoms with E-state index in [-0.39, 0.29) is 27.5 Å². The molecule has 7 heteroatoms. The number of benzene rings is 2. The molecule has 3 aromatic rings. The minimum Gasteiger partial charge on any atom is -0.287 e. The van der Waals surface area contributed by atoms with Gasteiger partial charge in [-0.2, -0.15) is 5.10 Å². The Morgan fingerprint density at radius 1 is 0.909 bits per heavy atom. The number of nitrogens with zero attached hydrogens (tertiary/aromatic N) is 2. The van der Waals surface area contributed by atoms with Crippen LogP contribution < -0.4 is 21.6 Å². The molecule has 3 rings (SSSR count). The fourth-order valence-electron chi connectivity index (χ4n) is 2.18. The summed E-state index contributed by atoms with van der Waals surface area (Å²) in [5.41, 5.74) is 1.36. The van der Waals surface area contributed by atoms with Gasteiger partial charge in [-0.05, 0) is 6.07 Å². The van der Waals surface area contributed by atoms with Crippen molar-refractivity contribution in [2.24, 2.45) is 5.10 Å². The van der Waals surface area contributed by atoms with Gasteiger partial charge in [0.2, 0.25) is 10.9 Å². The normalized spacial score (nSPS) is 10.5. The van der Waals surface area contributed by atoms with Crippen molar-refractivity contribution >= 4 is 22.1 Å². The predicted molar refractivity (Wildman–Crippen MR) is 81.1 cm³/mol. The number of rotatable bonds is 3. The molecule has 0 saturated heterocycles. The zero-order valence-electron chi connectivity index (χ0n) is 11.1. The van der Waals surface area contributed by atoms with Gasteiger partial charge in [0, 0.05) is 16.8 Å². The highest BCUT2D eigenvalue weighted by atomic mass is 16.6. The van der Waals surface area contributed by atoms with Crippen LogP contribution in [0.2, 0.25) is 0 Å². The second-order valence-corrected chi connectivity index (χ2v) is 4.55. The Morgan fingerprint density at radius 3 is 2.05 bits per heavy atom. The summed E-state index contributed by atoms with van der Waals surface area (Å²) in [5, 5.41) is 15.0. The summed E-state index contributed by atoms with van der Waals surface area (Å²) in [7, 11) is 0. The second-order valence-electron chi connectivity index (χ2n) is 4.55. The molecule has 0 aliphatic rings. The largest absolute Gasteiger partial charge is 0.294 e. The molecule has 0 aliphatic heterocycles. The van der Waals surface area contributed by atoms with Gasteiger partial charge in [-0.1, -0.05) is 36.4 Å². The summed E-state index contributed by atoms with van der Waals surface area (Å²) < 4.78 is 0. The molecule has 0 amide bonds. The van der Waals surface area contributed by atoms with E-state index in [4.69, 9.17) is 0 Å². The van der Waals surface area contributed by atoms with Crippen LogP contribution in [0.3, 0.4) is 0 Å². The molecular formula is C15H9N3O4. The van der Waals surface area contributed by atoms with Crippen LogP contribution in [-0.2, 0) is 0 Å². The number of nitro groups is 1. The number of nitrogens with one attached hydrogen (secondary N) is 1. The third-order valence-corrected chi connectivity index (χ3v) is 3.24. The van der Waals surface area contributed by atoms with Crippen LogP contribution in [0.15, 0.2) is 63.2 Å². The van der Waals surface area contributed by atoms with Gasteiger partial charge in [0.15, 0.2) is 5.36 Å². The van der Waals surface area contributed by atoms with E-state index in [0.717, 1.165) is 0 Å². The summed E-state index contributed by atoms with van der Waals surface area (Å²) >= 11 is 0. The predicted octanol–water partition coefficient (Wildman–Crippen LogP) is 1.27. The van der Waals surface area contributed by atoms with Crippen molar-refractivity contribution in [3.63, 3.8) is 0 Å². The molecule has 3 aromatic carbocycles. The van der Waals surface area contributed by atoms with E-state index in [9.17, 15) is 19.7 Å². The van der Waals surface area contributed by atoms with Crippen LogP contribution in [0.25, 0.3) is 10.8 Å². The SMILES string of the molecule is O=c1c(=NNc2ccccc2[N+](=O)[O-])c(=O)c2ccccc12. The monoisotopic (exact) mass is 295 g/mol. The Bertz CT molecular complexity index is 983. The van der Waals surface area contributed by atoms with Crippen LogP contribution in [0.4, 0.5) is 11.4 Å². The van der Waals surface area contributed by atoms with Crippen LogP contribution in [0, 0.1) is 10.1 Å². The third-order valence-electron chi connectivity index (χ3n) is 3.24. The minimum absolute atomic E-state index is 0.108. The highest BCUT2D eigenvalue weighted by molar-refractivity contribution is 5.83. The molecule has 0 atom stereocenters. The number of nitro benzene ring substituents is 1. The standard InChI is InChI=1S/C15H9N3O4/c19-14-9-5-1-2-6-10(9)15(20)13(14)17-16-11-7-3-4-8-12(11)18(21)22/h1-8,16H. The Morgan fingerprint density at radius 2 is 1.45 bits per heavy atom. The molecule has 0 saturated carbocycles. The molecule has 0 unspecified atom stereocenters. The van der Waals surface area contributed by atoms with E-state index < -0.39 is 15.8 Å². The average molecular weight is 295 g/mol. The molecule has 7 nitrogen and oxygen atoms in total. The fraction of sp³-hybridized carbons (Fsp3) is 0. The van der Waals surface area contributed by atoms with E-state index in [1.807, 2.05) is 0 Å². The molecule has 108 valence electrons. The minimum atomic E-state index is -0.574. The van der Waals surface area contributed by atoms with E-state index in [2.05, 4.69) is 10.5 Å². The summed E-state index contributed by atoms with van der Waals surface area (Å²) in [5.74, 6) is 0. The Balaban J connectivity index is 2.14. The molecule has 0 spiro atoms. The molecule has 0 radical (unpaired) electrons. The highest BCUT2D eigenvalue weighted by Crippen LogP contribution is 2.22. The molecule has 0 aromatic heterocycles. The van der Waals surface area contributed by atoms with Crippen molar-refractivity contribution in [3.05, 3.63) is 84.4 Å². The molecule has 0 fully saturated rings. The van der Waals surface area contributed by atoms with Crippen LogP contribution in [0.1, 0.15) is 0 Å². The van der Waals surface area contributed by atoms with Gasteiger partial charge in [-0.3, -0.25) is 25.1 Å². The van der Waals surface area contributed by atoms with E-state index in [1.165, 1.54) is 18.2 Å². The lowest BCUT2D eigenvalue weighted by molar-refractivity contribution is -0.384. The lowest BCUT2D eigenvalue weighted by atomic mass is 10.2. The smallest absolute Gasteiger partial charge is 0.287 e. The number of hydrogen-bond donors (Lipinski definition) is 1. The zero-order valence-corrected chi connectivity index (χ0v) is 11.1. The second kappa shape index (κ2) is 5.21.